The molecule has 5 nitrogen and oxygen atoms in total. The lowest BCUT2D eigenvalue weighted by molar-refractivity contribution is -0.116. The summed E-state index contributed by atoms with van der Waals surface area (Å²) in [5.41, 5.74) is 2.60. The van der Waals surface area contributed by atoms with Gasteiger partial charge in [0.15, 0.2) is 0 Å². The molecule has 0 bridgehead atoms. The van der Waals surface area contributed by atoms with Crippen molar-refractivity contribution in [3.05, 3.63) is 59.7 Å². The van der Waals surface area contributed by atoms with Crippen LogP contribution in [-0.4, -0.2) is 20.4 Å². The van der Waals surface area contributed by atoms with Crippen LogP contribution in [0.5, 0.6) is 0 Å². The molecule has 3 rings (SSSR count). The van der Waals surface area contributed by atoms with Crippen LogP contribution in [-0.2, 0) is 21.2 Å². The Labute approximate surface area is 148 Å². The van der Waals surface area contributed by atoms with Gasteiger partial charge in [-0.15, -0.1) is 0 Å². The molecule has 2 aromatic carbocycles. The van der Waals surface area contributed by atoms with Crippen molar-refractivity contribution in [2.45, 2.75) is 43.5 Å². The second kappa shape index (κ2) is 6.98. The molecule has 0 aromatic heterocycles. The number of carbonyl (C=O) groups is 1. The van der Waals surface area contributed by atoms with E-state index < -0.39 is 10.0 Å². The summed E-state index contributed by atoms with van der Waals surface area (Å²) in [4.78, 5) is 11.9. The molecule has 2 atom stereocenters. The van der Waals surface area contributed by atoms with E-state index in [1.165, 1.54) is 11.6 Å². The molecule has 0 saturated heterocycles. The number of benzene rings is 2. The first-order valence-corrected chi connectivity index (χ1v) is 9.86. The van der Waals surface area contributed by atoms with Gasteiger partial charge >= 0.3 is 0 Å². The molecule has 0 fully saturated rings. The van der Waals surface area contributed by atoms with E-state index >= 15 is 0 Å². The lowest BCUT2D eigenvalue weighted by atomic mass is 10.0. The van der Waals surface area contributed by atoms with Crippen molar-refractivity contribution in [1.29, 1.82) is 0 Å². The number of rotatable bonds is 6. The Balaban J connectivity index is 1.69. The number of fused-ring (bicyclic) bond motifs is 1. The third-order valence-corrected chi connectivity index (χ3v) is 6.10. The monoisotopic (exact) mass is 358 g/mol. The lowest BCUT2D eigenvalue weighted by Crippen LogP contribution is -2.33. The van der Waals surface area contributed by atoms with Crippen LogP contribution in [0.2, 0.25) is 0 Å². The quantitative estimate of drug-likeness (QED) is 0.833. The number of carbonyl (C=O) groups excluding carboxylic acids is 1. The third kappa shape index (κ3) is 3.91. The molecular weight excluding hydrogens is 336 g/mol. The fraction of sp³-hybridized carbons (Fsp3) is 0.316. The molecular formula is C19H22N2O3S. The molecule has 2 aromatic rings. The van der Waals surface area contributed by atoms with Crippen molar-refractivity contribution in [2.75, 3.05) is 5.32 Å². The van der Waals surface area contributed by atoms with Crippen LogP contribution in [0.25, 0.3) is 0 Å². The summed E-state index contributed by atoms with van der Waals surface area (Å²) in [6, 6.07) is 14.6. The van der Waals surface area contributed by atoms with Gasteiger partial charge in [0.25, 0.3) is 0 Å². The summed E-state index contributed by atoms with van der Waals surface area (Å²) < 4.78 is 28.0. The largest absolute Gasteiger partial charge is 0.325 e. The molecule has 6 heteroatoms. The highest BCUT2D eigenvalue weighted by molar-refractivity contribution is 7.89. The maximum absolute atomic E-state index is 12.6. The molecule has 132 valence electrons. The lowest BCUT2D eigenvalue weighted by Gasteiger charge is -2.15. The second-order valence-corrected chi connectivity index (χ2v) is 8.22. The summed E-state index contributed by atoms with van der Waals surface area (Å²) >= 11 is 0. The van der Waals surface area contributed by atoms with Crippen molar-refractivity contribution in [3.8, 4) is 0 Å². The van der Waals surface area contributed by atoms with Crippen LogP contribution in [0.15, 0.2) is 53.4 Å². The number of amides is 1. The van der Waals surface area contributed by atoms with Gasteiger partial charge in [0.2, 0.25) is 15.9 Å². The molecule has 1 aliphatic heterocycles. The minimum absolute atomic E-state index is 0.103. The van der Waals surface area contributed by atoms with E-state index in [4.69, 9.17) is 0 Å². The highest BCUT2D eigenvalue weighted by atomic mass is 32.2. The van der Waals surface area contributed by atoms with Gasteiger partial charge in [-0.05, 0) is 56.0 Å². The SMILES string of the molecule is C[C@@H]1C(=O)Nc2ccc(S(=O)(=O)N[C@@H](C)CCc3ccccc3)cc21. The Morgan fingerprint density at radius 3 is 2.60 bits per heavy atom. The van der Waals surface area contributed by atoms with Crippen molar-refractivity contribution in [2.24, 2.45) is 0 Å². The predicted molar refractivity (Wildman–Crippen MR) is 98.0 cm³/mol. The Morgan fingerprint density at radius 1 is 1.16 bits per heavy atom. The zero-order valence-corrected chi connectivity index (χ0v) is 15.1. The first-order chi connectivity index (χ1) is 11.9. The van der Waals surface area contributed by atoms with Gasteiger partial charge in [-0.3, -0.25) is 4.79 Å². The molecule has 0 radical (unpaired) electrons. The maximum atomic E-state index is 12.6. The molecule has 0 saturated carbocycles. The highest BCUT2D eigenvalue weighted by Crippen LogP contribution is 2.33. The van der Waals surface area contributed by atoms with Crippen LogP contribution in [0, 0.1) is 0 Å². The van der Waals surface area contributed by atoms with Gasteiger partial charge in [0.05, 0.1) is 10.8 Å². The average Bonchev–Trinajstić information content (AvgIpc) is 2.88. The van der Waals surface area contributed by atoms with E-state index in [1.54, 1.807) is 19.1 Å². The summed E-state index contributed by atoms with van der Waals surface area (Å²) in [5, 5.41) is 2.75. The fourth-order valence-electron chi connectivity index (χ4n) is 2.98. The topological polar surface area (TPSA) is 75.3 Å². The molecule has 1 heterocycles. The van der Waals surface area contributed by atoms with Crippen LogP contribution >= 0.6 is 0 Å². The Bertz CT molecular complexity index is 879. The van der Waals surface area contributed by atoms with Gasteiger partial charge in [-0.1, -0.05) is 30.3 Å². The molecule has 2 N–H and O–H groups in total. The molecule has 1 aliphatic rings. The Hall–Kier alpha value is -2.18. The minimum atomic E-state index is -3.62. The van der Waals surface area contributed by atoms with E-state index in [2.05, 4.69) is 10.0 Å². The van der Waals surface area contributed by atoms with E-state index in [0.29, 0.717) is 12.1 Å². The van der Waals surface area contributed by atoms with Gasteiger partial charge in [-0.2, -0.15) is 0 Å². The normalized spacial score (nSPS) is 17.8. The number of hydrogen-bond donors (Lipinski definition) is 2. The van der Waals surface area contributed by atoms with Crippen molar-refractivity contribution < 1.29 is 13.2 Å². The van der Waals surface area contributed by atoms with E-state index in [0.717, 1.165) is 12.0 Å². The van der Waals surface area contributed by atoms with Gasteiger partial charge < -0.3 is 5.32 Å². The third-order valence-electron chi connectivity index (χ3n) is 4.52. The Kier molecular flexibility index (Phi) is 4.92. The van der Waals surface area contributed by atoms with E-state index in [9.17, 15) is 13.2 Å². The van der Waals surface area contributed by atoms with Crippen molar-refractivity contribution >= 4 is 21.6 Å². The zero-order chi connectivity index (χ0) is 18.0. The maximum Gasteiger partial charge on any atom is 0.240 e. The summed E-state index contributed by atoms with van der Waals surface area (Å²) in [7, 11) is -3.62. The van der Waals surface area contributed by atoms with Crippen LogP contribution < -0.4 is 10.0 Å². The molecule has 1 amide bonds. The van der Waals surface area contributed by atoms with Gasteiger partial charge in [0.1, 0.15) is 0 Å². The standard InChI is InChI=1S/C19H22N2O3S/c1-13(8-9-15-6-4-3-5-7-15)21-25(23,24)16-10-11-18-17(12-16)14(2)19(22)20-18/h3-7,10-14,21H,8-9H2,1-2H3,(H,20,22)/t13-,14-/m0/s1. The van der Waals surface area contributed by atoms with Crippen molar-refractivity contribution in [3.63, 3.8) is 0 Å². The number of nitrogens with one attached hydrogen (secondary N) is 2. The number of hydrogen-bond acceptors (Lipinski definition) is 3. The van der Waals surface area contributed by atoms with Gasteiger partial charge in [-0.25, -0.2) is 13.1 Å². The van der Waals surface area contributed by atoms with Crippen molar-refractivity contribution in [1.82, 2.24) is 4.72 Å². The first-order valence-electron chi connectivity index (χ1n) is 8.38. The first kappa shape index (κ1) is 17.6. The molecule has 0 aliphatic carbocycles. The highest BCUT2D eigenvalue weighted by Gasteiger charge is 2.28. The minimum Gasteiger partial charge on any atom is -0.325 e. The zero-order valence-electron chi connectivity index (χ0n) is 14.3. The number of sulfonamides is 1. The van der Waals surface area contributed by atoms with E-state index in [1.807, 2.05) is 37.3 Å². The van der Waals surface area contributed by atoms with Crippen LogP contribution in [0.1, 0.15) is 37.3 Å². The second-order valence-electron chi connectivity index (χ2n) is 6.51. The van der Waals surface area contributed by atoms with E-state index in [-0.39, 0.29) is 22.8 Å². The number of anilines is 1. The molecule has 0 spiro atoms. The summed E-state index contributed by atoms with van der Waals surface area (Å²) in [6.45, 7) is 3.63. The number of aryl methyl sites for hydroxylation is 1. The summed E-state index contributed by atoms with van der Waals surface area (Å²) in [5.74, 6) is -0.436. The Morgan fingerprint density at radius 2 is 1.88 bits per heavy atom. The predicted octanol–water partition coefficient (Wildman–Crippen LogP) is 3.04. The van der Waals surface area contributed by atoms with Crippen LogP contribution in [0.4, 0.5) is 5.69 Å². The summed E-state index contributed by atoms with van der Waals surface area (Å²) in [6.07, 6.45) is 1.52. The fourth-order valence-corrected chi connectivity index (χ4v) is 4.29. The smallest absolute Gasteiger partial charge is 0.240 e. The van der Waals surface area contributed by atoms with Crippen LogP contribution in [0.3, 0.4) is 0 Å². The van der Waals surface area contributed by atoms with Gasteiger partial charge in [0, 0.05) is 11.7 Å². The molecule has 0 unspecified atom stereocenters. The average molecular weight is 358 g/mol. The molecule has 25 heavy (non-hydrogen) atoms.